The van der Waals surface area contributed by atoms with Gasteiger partial charge in [-0.2, -0.15) is 8.42 Å². The Morgan fingerprint density at radius 1 is 1.08 bits per heavy atom. The molecule has 25 heavy (non-hydrogen) atoms. The van der Waals surface area contributed by atoms with Crippen LogP contribution in [0.25, 0.3) is 6.08 Å². The summed E-state index contributed by atoms with van der Waals surface area (Å²) < 4.78 is 29.9. The van der Waals surface area contributed by atoms with E-state index in [2.05, 4.69) is 5.32 Å². The van der Waals surface area contributed by atoms with Crippen molar-refractivity contribution >= 4 is 62.0 Å². The molecule has 1 fully saturated rings. The highest BCUT2D eigenvalue weighted by molar-refractivity contribution is 8.26. The van der Waals surface area contributed by atoms with E-state index < -0.39 is 10.1 Å². The fraction of sp³-hybridized carbons (Fsp3) is 0. The molecule has 9 heteroatoms. The Balaban J connectivity index is 1.77. The molecule has 1 saturated heterocycles. The van der Waals surface area contributed by atoms with Crippen molar-refractivity contribution in [3.8, 4) is 5.75 Å². The van der Waals surface area contributed by atoms with Gasteiger partial charge in [-0.05, 0) is 48.0 Å². The van der Waals surface area contributed by atoms with Crippen LogP contribution >= 0.6 is 35.6 Å². The van der Waals surface area contributed by atoms with Gasteiger partial charge in [0.05, 0.1) is 4.91 Å². The molecular formula is C16H10ClNO4S3. The van der Waals surface area contributed by atoms with Crippen molar-refractivity contribution < 1.29 is 17.4 Å². The predicted molar refractivity (Wildman–Crippen MR) is 102 cm³/mol. The molecule has 0 bridgehead atoms. The average Bonchev–Trinajstić information content (AvgIpc) is 2.87. The van der Waals surface area contributed by atoms with Crippen LogP contribution in [-0.2, 0) is 14.9 Å². The molecule has 128 valence electrons. The van der Waals surface area contributed by atoms with Gasteiger partial charge in [0, 0.05) is 5.02 Å². The van der Waals surface area contributed by atoms with Gasteiger partial charge in [-0.1, -0.05) is 47.7 Å². The lowest BCUT2D eigenvalue weighted by Gasteiger charge is -2.07. The first-order chi connectivity index (χ1) is 11.8. The Bertz CT molecular complexity index is 967. The van der Waals surface area contributed by atoms with Gasteiger partial charge in [-0.3, -0.25) is 4.79 Å². The van der Waals surface area contributed by atoms with E-state index in [1.807, 2.05) is 0 Å². The predicted octanol–water partition coefficient (Wildman–Crippen LogP) is 3.60. The number of thiocarbonyl (C=S) groups is 1. The lowest BCUT2D eigenvalue weighted by molar-refractivity contribution is -0.115. The van der Waals surface area contributed by atoms with Gasteiger partial charge in [-0.25, -0.2) is 0 Å². The van der Waals surface area contributed by atoms with Crippen LogP contribution in [0, 0.1) is 0 Å². The Morgan fingerprint density at radius 2 is 1.72 bits per heavy atom. The van der Waals surface area contributed by atoms with Crippen LogP contribution in [0.2, 0.25) is 5.02 Å². The fourth-order valence-electron chi connectivity index (χ4n) is 1.97. The summed E-state index contributed by atoms with van der Waals surface area (Å²) in [6, 6.07) is 12.0. The van der Waals surface area contributed by atoms with E-state index in [1.165, 1.54) is 48.2 Å². The second kappa shape index (κ2) is 7.17. The maximum Gasteiger partial charge on any atom is 0.339 e. The van der Waals surface area contributed by atoms with Crippen LogP contribution in [0.15, 0.2) is 58.3 Å². The van der Waals surface area contributed by atoms with Crippen molar-refractivity contribution in [1.82, 2.24) is 5.32 Å². The molecule has 3 rings (SSSR count). The minimum Gasteiger partial charge on any atom is -0.379 e. The van der Waals surface area contributed by atoms with E-state index in [9.17, 15) is 13.2 Å². The molecule has 1 amide bonds. The third-order valence-corrected chi connectivity index (χ3v) is 5.80. The van der Waals surface area contributed by atoms with Gasteiger partial charge in [-0.15, -0.1) is 0 Å². The smallest absolute Gasteiger partial charge is 0.339 e. The van der Waals surface area contributed by atoms with Gasteiger partial charge in [0.15, 0.2) is 0 Å². The highest BCUT2D eigenvalue weighted by Crippen LogP contribution is 2.27. The van der Waals surface area contributed by atoms with Gasteiger partial charge in [0.2, 0.25) is 0 Å². The van der Waals surface area contributed by atoms with Crippen LogP contribution in [0.1, 0.15) is 5.56 Å². The summed E-state index contributed by atoms with van der Waals surface area (Å²) in [5.74, 6) is -0.0863. The first-order valence-corrected chi connectivity index (χ1v) is 9.89. The van der Waals surface area contributed by atoms with Crippen molar-refractivity contribution in [2.24, 2.45) is 0 Å². The zero-order valence-corrected chi connectivity index (χ0v) is 15.6. The average molecular weight is 412 g/mol. The van der Waals surface area contributed by atoms with E-state index in [0.29, 0.717) is 14.2 Å². The lowest BCUT2D eigenvalue weighted by atomic mass is 10.2. The Kier molecular flexibility index (Phi) is 5.14. The van der Waals surface area contributed by atoms with Crippen molar-refractivity contribution in [2.75, 3.05) is 0 Å². The molecule has 0 aliphatic carbocycles. The van der Waals surface area contributed by atoms with Gasteiger partial charge in [0.25, 0.3) is 5.91 Å². The number of hydrogen-bond acceptors (Lipinski definition) is 6. The summed E-state index contributed by atoms with van der Waals surface area (Å²) in [7, 11) is -3.94. The van der Waals surface area contributed by atoms with Crippen molar-refractivity contribution in [2.45, 2.75) is 4.90 Å². The molecule has 0 saturated carbocycles. The van der Waals surface area contributed by atoms with Gasteiger partial charge < -0.3 is 9.50 Å². The zero-order valence-electron chi connectivity index (χ0n) is 12.4. The number of carbonyl (C=O) groups excluding carboxylic acids is 1. The van der Waals surface area contributed by atoms with E-state index in [-0.39, 0.29) is 16.6 Å². The molecule has 1 N–H and O–H groups in total. The summed E-state index contributed by atoms with van der Waals surface area (Å²) >= 11 is 11.8. The molecule has 1 aliphatic rings. The summed E-state index contributed by atoms with van der Waals surface area (Å²) in [4.78, 5) is 12.1. The lowest BCUT2D eigenvalue weighted by Crippen LogP contribution is -2.17. The van der Waals surface area contributed by atoms with E-state index in [1.54, 1.807) is 18.2 Å². The molecule has 2 aromatic rings. The molecule has 0 spiro atoms. The summed E-state index contributed by atoms with van der Waals surface area (Å²) in [5.41, 5.74) is 0.721. The largest absolute Gasteiger partial charge is 0.379 e. The van der Waals surface area contributed by atoms with Crippen LogP contribution < -0.4 is 9.50 Å². The number of nitrogens with one attached hydrogen (secondary N) is 1. The maximum atomic E-state index is 12.2. The zero-order chi connectivity index (χ0) is 18.0. The van der Waals surface area contributed by atoms with Crippen molar-refractivity contribution in [1.29, 1.82) is 0 Å². The van der Waals surface area contributed by atoms with Crippen LogP contribution in [0.5, 0.6) is 5.75 Å². The number of rotatable bonds is 4. The van der Waals surface area contributed by atoms with Crippen molar-refractivity contribution in [3.05, 3.63) is 64.0 Å². The monoisotopic (exact) mass is 411 g/mol. The minimum absolute atomic E-state index is 0.00985. The first kappa shape index (κ1) is 17.9. The summed E-state index contributed by atoms with van der Waals surface area (Å²) in [6.07, 6.45) is 1.66. The molecular weight excluding hydrogens is 402 g/mol. The number of thioether (sulfide) groups is 1. The molecule has 1 aliphatic heterocycles. The number of amides is 1. The topological polar surface area (TPSA) is 72.5 Å². The molecule has 0 radical (unpaired) electrons. The van der Waals surface area contributed by atoms with Crippen molar-refractivity contribution in [3.63, 3.8) is 0 Å². The summed E-state index contributed by atoms with van der Waals surface area (Å²) in [5, 5.41) is 2.96. The molecule has 1 heterocycles. The number of hydrogen-bond donors (Lipinski definition) is 1. The second-order valence-electron chi connectivity index (χ2n) is 4.91. The van der Waals surface area contributed by atoms with E-state index in [4.69, 9.17) is 28.0 Å². The third-order valence-electron chi connectivity index (χ3n) is 3.13. The first-order valence-electron chi connectivity index (χ1n) is 6.88. The molecule has 0 unspecified atom stereocenters. The maximum absolute atomic E-state index is 12.2. The quantitative estimate of drug-likeness (QED) is 0.471. The highest BCUT2D eigenvalue weighted by Gasteiger charge is 2.22. The second-order valence-corrected chi connectivity index (χ2v) is 8.61. The normalized spacial score (nSPS) is 16.1. The Hall–Kier alpha value is -1.87. The van der Waals surface area contributed by atoms with Crippen LogP contribution in [0.3, 0.4) is 0 Å². The summed E-state index contributed by atoms with van der Waals surface area (Å²) in [6.45, 7) is 0. The highest BCUT2D eigenvalue weighted by atomic mass is 35.5. The van der Waals surface area contributed by atoms with Gasteiger partial charge in [0.1, 0.15) is 15.0 Å². The standard InChI is InChI=1S/C16H10ClNO4S3/c17-11-3-7-13(8-4-11)25(20,21)22-12-5-1-10(2-6-12)9-14-15(19)18-16(23)24-14/h1-9H,(H,18,19,23)/b14-9-. The van der Waals surface area contributed by atoms with Crippen LogP contribution in [-0.4, -0.2) is 18.6 Å². The number of carbonyl (C=O) groups is 1. The van der Waals surface area contributed by atoms with E-state index in [0.717, 1.165) is 5.56 Å². The fourth-order valence-corrected chi connectivity index (χ4v) is 4.07. The Morgan fingerprint density at radius 3 is 2.28 bits per heavy atom. The van der Waals surface area contributed by atoms with E-state index >= 15 is 0 Å². The third kappa shape index (κ3) is 4.40. The van der Waals surface area contributed by atoms with Crippen LogP contribution in [0.4, 0.5) is 0 Å². The SMILES string of the molecule is O=C1NC(=S)S/C1=C\c1ccc(OS(=O)(=O)c2ccc(Cl)cc2)cc1. The molecule has 0 atom stereocenters. The minimum atomic E-state index is -3.94. The van der Waals surface area contributed by atoms with Gasteiger partial charge >= 0.3 is 10.1 Å². The molecule has 2 aromatic carbocycles. The number of halogens is 1. The molecule has 5 nitrogen and oxygen atoms in total. The molecule has 0 aromatic heterocycles. The number of benzene rings is 2. The Labute approximate surface area is 159 Å².